The summed E-state index contributed by atoms with van der Waals surface area (Å²) in [5.41, 5.74) is 1.95. The lowest BCUT2D eigenvalue weighted by Gasteiger charge is -2.14. The predicted octanol–water partition coefficient (Wildman–Crippen LogP) is 2.45. The Hall–Kier alpha value is -1.76. The van der Waals surface area contributed by atoms with E-state index in [9.17, 15) is 12.8 Å². The Balaban J connectivity index is 1.95. The largest absolute Gasteiger partial charge is 0.310 e. The maximum Gasteiger partial charge on any atom is 0.240 e. The first-order valence-electron chi connectivity index (χ1n) is 7.41. The molecule has 0 saturated carbocycles. The highest BCUT2D eigenvalue weighted by atomic mass is 32.2. The minimum atomic E-state index is -3.43. The number of benzene rings is 2. The number of rotatable bonds is 7. The average Bonchev–Trinajstić information content (AvgIpc) is 2.55. The van der Waals surface area contributed by atoms with E-state index in [1.165, 1.54) is 19.2 Å². The van der Waals surface area contributed by atoms with Gasteiger partial charge in [-0.05, 0) is 55.8 Å². The Morgan fingerprint density at radius 1 is 1.09 bits per heavy atom. The van der Waals surface area contributed by atoms with Crippen molar-refractivity contribution in [3.8, 4) is 0 Å². The minimum Gasteiger partial charge on any atom is -0.310 e. The maximum absolute atomic E-state index is 12.9. The standard InChI is InChI=1S/C17H21FN2O2S/c1-13(10-14-6-8-16(18)9-7-14)20-12-15-4-3-5-17(11-15)23(21,22)19-2/h3-9,11,13,19-20H,10,12H2,1-2H3/t13-/m0/s1. The van der Waals surface area contributed by atoms with Gasteiger partial charge in [0.1, 0.15) is 5.82 Å². The number of hydrogen-bond donors (Lipinski definition) is 2. The number of hydrogen-bond acceptors (Lipinski definition) is 3. The van der Waals surface area contributed by atoms with Crippen LogP contribution in [0.1, 0.15) is 18.1 Å². The highest BCUT2D eigenvalue weighted by molar-refractivity contribution is 7.89. The molecule has 2 aromatic rings. The number of nitrogens with one attached hydrogen (secondary N) is 2. The monoisotopic (exact) mass is 336 g/mol. The van der Waals surface area contributed by atoms with Crippen LogP contribution in [-0.2, 0) is 23.0 Å². The molecule has 0 spiro atoms. The van der Waals surface area contributed by atoms with Gasteiger partial charge in [-0.2, -0.15) is 0 Å². The SMILES string of the molecule is CNS(=O)(=O)c1cccc(CN[C@@H](C)Cc2ccc(F)cc2)c1. The quantitative estimate of drug-likeness (QED) is 0.816. The molecule has 4 nitrogen and oxygen atoms in total. The smallest absolute Gasteiger partial charge is 0.240 e. The molecule has 0 saturated heterocycles. The third-order valence-corrected chi connectivity index (χ3v) is 5.00. The molecular weight excluding hydrogens is 315 g/mol. The fourth-order valence-corrected chi connectivity index (χ4v) is 3.08. The maximum atomic E-state index is 12.9. The summed E-state index contributed by atoms with van der Waals surface area (Å²) in [6.07, 6.45) is 0.773. The third kappa shape index (κ3) is 5.13. The zero-order valence-electron chi connectivity index (χ0n) is 13.2. The van der Waals surface area contributed by atoms with Crippen LogP contribution in [0.15, 0.2) is 53.4 Å². The molecule has 0 aromatic heterocycles. The summed E-state index contributed by atoms with van der Waals surface area (Å²) in [6.45, 7) is 2.60. The van der Waals surface area contributed by atoms with Crippen LogP contribution in [0.2, 0.25) is 0 Å². The van der Waals surface area contributed by atoms with Crippen molar-refractivity contribution < 1.29 is 12.8 Å². The topological polar surface area (TPSA) is 58.2 Å². The summed E-state index contributed by atoms with van der Waals surface area (Å²) in [4.78, 5) is 0.255. The first kappa shape index (κ1) is 17.6. The second-order valence-electron chi connectivity index (χ2n) is 5.47. The molecule has 6 heteroatoms. The van der Waals surface area contributed by atoms with Crippen molar-refractivity contribution in [3.63, 3.8) is 0 Å². The first-order chi connectivity index (χ1) is 10.9. The van der Waals surface area contributed by atoms with Gasteiger partial charge in [0.15, 0.2) is 0 Å². The Labute approximate surface area is 136 Å². The van der Waals surface area contributed by atoms with Gasteiger partial charge in [0.25, 0.3) is 0 Å². The lowest BCUT2D eigenvalue weighted by atomic mass is 10.1. The van der Waals surface area contributed by atoms with Crippen molar-refractivity contribution >= 4 is 10.0 Å². The summed E-state index contributed by atoms with van der Waals surface area (Å²) in [6, 6.07) is 13.5. The molecule has 0 aliphatic heterocycles. The number of sulfonamides is 1. The molecule has 2 rings (SSSR count). The van der Waals surface area contributed by atoms with Gasteiger partial charge >= 0.3 is 0 Å². The van der Waals surface area contributed by atoms with Crippen molar-refractivity contribution in [2.75, 3.05) is 7.05 Å². The predicted molar refractivity (Wildman–Crippen MR) is 89.1 cm³/mol. The average molecular weight is 336 g/mol. The van der Waals surface area contributed by atoms with Crippen LogP contribution in [0.5, 0.6) is 0 Å². The van der Waals surface area contributed by atoms with E-state index in [1.807, 2.05) is 13.0 Å². The van der Waals surface area contributed by atoms with Gasteiger partial charge in [-0.25, -0.2) is 17.5 Å². The van der Waals surface area contributed by atoms with Gasteiger partial charge in [-0.3, -0.25) is 0 Å². The zero-order valence-corrected chi connectivity index (χ0v) is 14.0. The summed E-state index contributed by atoms with van der Waals surface area (Å²) < 4.78 is 38.8. The first-order valence-corrected chi connectivity index (χ1v) is 8.89. The second kappa shape index (κ2) is 7.68. The molecule has 0 amide bonds. The van der Waals surface area contributed by atoms with Crippen molar-refractivity contribution in [1.29, 1.82) is 0 Å². The van der Waals surface area contributed by atoms with Crippen LogP contribution in [0.25, 0.3) is 0 Å². The van der Waals surface area contributed by atoms with Crippen molar-refractivity contribution in [1.82, 2.24) is 10.0 Å². The Kier molecular flexibility index (Phi) is 5.87. The van der Waals surface area contributed by atoms with E-state index in [1.54, 1.807) is 30.3 Å². The molecule has 2 N–H and O–H groups in total. The molecule has 0 unspecified atom stereocenters. The lowest BCUT2D eigenvalue weighted by molar-refractivity contribution is 0.544. The second-order valence-corrected chi connectivity index (χ2v) is 7.35. The van der Waals surface area contributed by atoms with Gasteiger partial charge in [0, 0.05) is 12.6 Å². The molecule has 23 heavy (non-hydrogen) atoms. The lowest BCUT2D eigenvalue weighted by Crippen LogP contribution is -2.27. The molecule has 0 aliphatic rings. The number of halogens is 1. The molecular formula is C17H21FN2O2S. The van der Waals surface area contributed by atoms with Crippen LogP contribution >= 0.6 is 0 Å². The summed E-state index contributed by atoms with van der Waals surface area (Å²) in [5.74, 6) is -0.239. The molecule has 0 radical (unpaired) electrons. The Morgan fingerprint density at radius 3 is 2.43 bits per heavy atom. The van der Waals surface area contributed by atoms with E-state index in [0.29, 0.717) is 6.54 Å². The highest BCUT2D eigenvalue weighted by Crippen LogP contribution is 2.12. The Bertz CT molecular complexity index is 745. The summed E-state index contributed by atoms with van der Waals surface area (Å²) in [7, 11) is -2.03. The van der Waals surface area contributed by atoms with E-state index < -0.39 is 10.0 Å². The van der Waals surface area contributed by atoms with Gasteiger partial charge in [0.2, 0.25) is 10.0 Å². The van der Waals surface area contributed by atoms with Gasteiger partial charge < -0.3 is 5.32 Å². The fraction of sp³-hybridized carbons (Fsp3) is 0.294. The molecule has 0 fully saturated rings. The molecule has 1 atom stereocenters. The summed E-state index contributed by atoms with van der Waals surface area (Å²) in [5, 5.41) is 3.35. The molecule has 124 valence electrons. The molecule has 0 heterocycles. The van der Waals surface area contributed by atoms with Crippen LogP contribution in [0.3, 0.4) is 0 Å². The Morgan fingerprint density at radius 2 is 1.78 bits per heavy atom. The fourth-order valence-electron chi connectivity index (χ4n) is 2.28. The van der Waals surface area contributed by atoms with Crippen molar-refractivity contribution in [2.45, 2.75) is 30.8 Å². The minimum absolute atomic E-state index is 0.185. The van der Waals surface area contributed by atoms with E-state index in [0.717, 1.165) is 17.5 Å². The van der Waals surface area contributed by atoms with Gasteiger partial charge in [-0.15, -0.1) is 0 Å². The third-order valence-electron chi connectivity index (χ3n) is 3.59. The van der Waals surface area contributed by atoms with Crippen LogP contribution < -0.4 is 10.0 Å². The highest BCUT2D eigenvalue weighted by Gasteiger charge is 2.11. The van der Waals surface area contributed by atoms with Crippen LogP contribution in [-0.4, -0.2) is 21.5 Å². The van der Waals surface area contributed by atoms with Crippen molar-refractivity contribution in [3.05, 3.63) is 65.5 Å². The van der Waals surface area contributed by atoms with Crippen LogP contribution in [0.4, 0.5) is 4.39 Å². The molecule has 2 aromatic carbocycles. The molecule has 0 aliphatic carbocycles. The van der Waals surface area contributed by atoms with Crippen molar-refractivity contribution in [2.24, 2.45) is 0 Å². The zero-order chi connectivity index (χ0) is 16.9. The van der Waals surface area contributed by atoms with Gasteiger partial charge in [-0.1, -0.05) is 24.3 Å². The van der Waals surface area contributed by atoms with Crippen LogP contribution in [0, 0.1) is 5.82 Å². The van der Waals surface area contributed by atoms with E-state index in [2.05, 4.69) is 10.0 Å². The van der Waals surface area contributed by atoms with Gasteiger partial charge in [0.05, 0.1) is 4.90 Å². The van der Waals surface area contributed by atoms with E-state index in [4.69, 9.17) is 0 Å². The summed E-state index contributed by atoms with van der Waals surface area (Å²) >= 11 is 0. The van der Waals surface area contributed by atoms with E-state index >= 15 is 0 Å². The molecule has 0 bridgehead atoms. The van der Waals surface area contributed by atoms with E-state index in [-0.39, 0.29) is 16.8 Å². The normalized spacial score (nSPS) is 13.0.